The van der Waals surface area contributed by atoms with Gasteiger partial charge in [-0.1, -0.05) is 41.9 Å². The van der Waals surface area contributed by atoms with Crippen LogP contribution in [0.15, 0.2) is 106 Å². The molecule has 1 atom stereocenters. The topological polar surface area (TPSA) is 114 Å². The van der Waals surface area contributed by atoms with Crippen molar-refractivity contribution in [3.63, 3.8) is 0 Å². The first-order chi connectivity index (χ1) is 22.2. The molecular weight excluding hydrogens is 694 g/mol. The Balaban J connectivity index is 1.34. The van der Waals surface area contributed by atoms with E-state index in [0.717, 1.165) is 4.90 Å². The molecule has 4 aromatic carbocycles. The number of nitrogens with zero attached hydrogens (tertiary/aromatic N) is 1. The smallest absolute Gasteiger partial charge is 0.272 e. The summed E-state index contributed by atoms with van der Waals surface area (Å²) in [5.74, 6) is -0.681. The van der Waals surface area contributed by atoms with Crippen molar-refractivity contribution >= 4 is 80.4 Å². The molecule has 1 fully saturated rings. The zero-order valence-electron chi connectivity index (χ0n) is 24.6. The molecule has 0 aliphatic carbocycles. The van der Waals surface area contributed by atoms with Gasteiger partial charge in [-0.3, -0.25) is 19.2 Å². The highest BCUT2D eigenvalue weighted by Crippen LogP contribution is 2.37. The van der Waals surface area contributed by atoms with Crippen molar-refractivity contribution in [2.75, 3.05) is 24.4 Å². The highest BCUT2D eigenvalue weighted by molar-refractivity contribution is 9.10. The summed E-state index contributed by atoms with van der Waals surface area (Å²) in [6.45, 7) is 0. The molecule has 0 radical (unpaired) electrons. The summed E-state index contributed by atoms with van der Waals surface area (Å²) >= 11 is 10.9. The Hall–Kier alpha value is -4.58. The van der Waals surface area contributed by atoms with Gasteiger partial charge >= 0.3 is 0 Å². The first kappa shape index (κ1) is 32.8. The number of carbonyl (C=O) groups excluding carboxylic acids is 4. The highest BCUT2D eigenvalue weighted by atomic mass is 79.9. The van der Waals surface area contributed by atoms with Crippen LogP contribution in [0, 0.1) is 0 Å². The molecular formula is C34H27BrClN3O6S. The maximum atomic E-state index is 13.6. The van der Waals surface area contributed by atoms with Crippen molar-refractivity contribution in [1.82, 2.24) is 5.32 Å². The van der Waals surface area contributed by atoms with Crippen LogP contribution in [0.1, 0.15) is 22.3 Å². The maximum absolute atomic E-state index is 13.6. The van der Waals surface area contributed by atoms with Crippen molar-refractivity contribution in [1.29, 1.82) is 0 Å². The Kier molecular flexibility index (Phi) is 10.5. The van der Waals surface area contributed by atoms with Gasteiger partial charge in [0.15, 0.2) is 0 Å². The van der Waals surface area contributed by atoms with Gasteiger partial charge in [0.25, 0.3) is 11.8 Å². The van der Waals surface area contributed by atoms with Crippen LogP contribution < -0.4 is 25.0 Å². The van der Waals surface area contributed by atoms with E-state index in [1.165, 1.54) is 24.9 Å². The summed E-state index contributed by atoms with van der Waals surface area (Å²) < 4.78 is 11.1. The molecule has 0 aromatic heterocycles. The zero-order valence-corrected chi connectivity index (χ0v) is 27.7. The molecule has 0 spiro atoms. The predicted molar refractivity (Wildman–Crippen MR) is 182 cm³/mol. The molecule has 234 valence electrons. The van der Waals surface area contributed by atoms with Crippen LogP contribution in [0.4, 0.5) is 11.4 Å². The summed E-state index contributed by atoms with van der Waals surface area (Å²) in [5, 5.41) is 5.16. The lowest BCUT2D eigenvalue weighted by molar-refractivity contribution is -0.121. The lowest BCUT2D eigenvalue weighted by Gasteiger charge is -2.16. The predicted octanol–water partition coefficient (Wildman–Crippen LogP) is 6.95. The van der Waals surface area contributed by atoms with E-state index in [1.807, 2.05) is 0 Å². The Labute approximate surface area is 283 Å². The minimum atomic E-state index is -0.673. The number of hydrogen-bond acceptors (Lipinski definition) is 7. The Morgan fingerprint density at radius 1 is 0.935 bits per heavy atom. The average Bonchev–Trinajstić information content (AvgIpc) is 3.32. The Morgan fingerprint density at radius 2 is 1.67 bits per heavy atom. The van der Waals surface area contributed by atoms with Gasteiger partial charge in [-0.15, -0.1) is 11.8 Å². The first-order valence-corrected chi connectivity index (χ1v) is 15.9. The molecule has 5 rings (SSSR count). The van der Waals surface area contributed by atoms with Crippen LogP contribution in [0.3, 0.4) is 0 Å². The van der Waals surface area contributed by atoms with E-state index in [-0.39, 0.29) is 29.0 Å². The second kappa shape index (κ2) is 14.7. The quantitative estimate of drug-likeness (QED) is 0.135. The number of amides is 4. The van der Waals surface area contributed by atoms with Gasteiger partial charge < -0.3 is 20.1 Å². The van der Waals surface area contributed by atoms with Gasteiger partial charge in [-0.05, 0) is 88.2 Å². The van der Waals surface area contributed by atoms with Crippen LogP contribution in [0.25, 0.3) is 6.08 Å². The van der Waals surface area contributed by atoms with Crippen molar-refractivity contribution in [2.24, 2.45) is 0 Å². The molecule has 4 aromatic rings. The third kappa shape index (κ3) is 7.61. The van der Waals surface area contributed by atoms with Gasteiger partial charge in [-0.2, -0.15) is 0 Å². The van der Waals surface area contributed by atoms with E-state index < -0.39 is 17.1 Å². The van der Waals surface area contributed by atoms with Crippen LogP contribution in [0.5, 0.6) is 11.5 Å². The number of thioether (sulfide) groups is 1. The number of imide groups is 1. The molecule has 1 heterocycles. The van der Waals surface area contributed by atoms with E-state index in [2.05, 4.69) is 26.6 Å². The number of hydrogen-bond donors (Lipinski definition) is 2. The van der Waals surface area contributed by atoms with E-state index in [4.69, 9.17) is 21.1 Å². The Bertz CT molecular complexity index is 1850. The Morgan fingerprint density at radius 3 is 2.37 bits per heavy atom. The molecule has 4 amide bonds. The number of carbonyl (C=O) groups is 4. The molecule has 0 unspecified atom stereocenters. The van der Waals surface area contributed by atoms with Crippen molar-refractivity contribution < 1.29 is 28.7 Å². The molecule has 9 nitrogen and oxygen atoms in total. The van der Waals surface area contributed by atoms with E-state index in [9.17, 15) is 19.2 Å². The summed E-state index contributed by atoms with van der Waals surface area (Å²) in [4.78, 5) is 54.5. The largest absolute Gasteiger partial charge is 0.496 e. The summed E-state index contributed by atoms with van der Waals surface area (Å²) in [6.07, 6.45) is 1.56. The normalized spacial score (nSPS) is 14.7. The second-order valence-electron chi connectivity index (χ2n) is 9.95. The van der Waals surface area contributed by atoms with Crippen molar-refractivity contribution in [2.45, 2.75) is 16.6 Å². The molecule has 46 heavy (non-hydrogen) atoms. The molecule has 1 aliphatic heterocycles. The molecule has 1 saturated heterocycles. The molecule has 1 aliphatic rings. The fourth-order valence-electron chi connectivity index (χ4n) is 4.65. The lowest BCUT2D eigenvalue weighted by atomic mass is 10.1. The fourth-order valence-corrected chi connectivity index (χ4v) is 6.58. The minimum absolute atomic E-state index is 0.000437. The maximum Gasteiger partial charge on any atom is 0.272 e. The zero-order chi connectivity index (χ0) is 32.8. The van der Waals surface area contributed by atoms with Crippen LogP contribution in [-0.2, 0) is 14.4 Å². The number of halogens is 2. The standard InChI is InChI=1S/C34H27BrClN3O6S/c1-44-28-13-11-20(15-25(28)35)16-27(38-32(41)21-7-4-3-5-8-21)33(42)37-22-9-6-10-24(17-22)46-30-19-31(40)39(34(30)43)23-12-14-29(45-2)26(36)18-23/h3-18,30H,19H2,1-2H3,(H,37,42)(H,38,41)/b27-16-/t30-/m0/s1. The molecule has 12 heteroatoms. The summed E-state index contributed by atoms with van der Waals surface area (Å²) in [5.41, 5.74) is 1.83. The second-order valence-corrected chi connectivity index (χ2v) is 12.5. The summed E-state index contributed by atoms with van der Waals surface area (Å²) in [7, 11) is 3.03. The van der Waals surface area contributed by atoms with Crippen LogP contribution in [-0.4, -0.2) is 43.1 Å². The van der Waals surface area contributed by atoms with Crippen molar-refractivity contribution in [3.8, 4) is 11.5 Å². The highest BCUT2D eigenvalue weighted by Gasteiger charge is 2.40. The lowest BCUT2D eigenvalue weighted by Crippen LogP contribution is -2.31. The van der Waals surface area contributed by atoms with Crippen molar-refractivity contribution in [3.05, 3.63) is 117 Å². The third-order valence-electron chi connectivity index (χ3n) is 6.88. The van der Waals surface area contributed by atoms with E-state index in [1.54, 1.807) is 98.1 Å². The van der Waals surface area contributed by atoms with Crippen LogP contribution >= 0.6 is 39.3 Å². The van der Waals surface area contributed by atoms with Crippen LogP contribution in [0.2, 0.25) is 5.02 Å². The average molecular weight is 721 g/mol. The third-order valence-corrected chi connectivity index (χ3v) is 8.98. The monoisotopic (exact) mass is 719 g/mol. The molecule has 0 bridgehead atoms. The summed E-state index contributed by atoms with van der Waals surface area (Å²) in [6, 6.07) is 25.4. The molecule has 2 N–H and O–H groups in total. The first-order valence-electron chi connectivity index (χ1n) is 13.9. The van der Waals surface area contributed by atoms with Gasteiger partial charge in [0.1, 0.15) is 17.2 Å². The van der Waals surface area contributed by atoms with Gasteiger partial charge in [-0.25, -0.2) is 4.90 Å². The number of methoxy groups -OCH3 is 2. The van der Waals surface area contributed by atoms with Gasteiger partial charge in [0.2, 0.25) is 11.8 Å². The number of anilines is 2. The van der Waals surface area contributed by atoms with E-state index >= 15 is 0 Å². The van der Waals surface area contributed by atoms with Gasteiger partial charge in [0.05, 0.1) is 34.7 Å². The fraction of sp³-hybridized carbons (Fsp3) is 0.118. The SMILES string of the molecule is COc1ccc(N2C(=O)C[C@H](Sc3cccc(NC(=O)/C(=C/c4ccc(OC)c(Br)c4)NC(=O)c4ccccc4)c3)C2=O)cc1Cl. The number of rotatable bonds is 10. The molecule has 0 saturated carbocycles. The minimum Gasteiger partial charge on any atom is -0.496 e. The number of benzene rings is 4. The number of nitrogens with one attached hydrogen (secondary N) is 2. The van der Waals surface area contributed by atoms with Gasteiger partial charge in [0, 0.05) is 22.6 Å². The number of ether oxygens (including phenoxy) is 2. The van der Waals surface area contributed by atoms with E-state index in [0.29, 0.717) is 43.4 Å².